The monoisotopic (exact) mass is 330 g/mol. The fourth-order valence-corrected chi connectivity index (χ4v) is 3.43. The maximum atomic E-state index is 12.4. The predicted octanol–water partition coefficient (Wildman–Crippen LogP) is 1.99. The van der Waals surface area contributed by atoms with E-state index in [1.807, 2.05) is 18.2 Å². The minimum atomic E-state index is -0.904. The minimum Gasteiger partial charge on any atom is -0.345 e. The number of nitrogens with two attached hydrogens (primary N) is 1. The van der Waals surface area contributed by atoms with Gasteiger partial charge in [0, 0.05) is 34.9 Å². The van der Waals surface area contributed by atoms with E-state index in [9.17, 15) is 9.00 Å². The first-order chi connectivity index (χ1) is 9.54. The van der Waals surface area contributed by atoms with Crippen LogP contribution in [0.3, 0.4) is 0 Å². The molecule has 0 saturated heterocycles. The summed E-state index contributed by atoms with van der Waals surface area (Å²) in [4.78, 5) is 12.4. The Morgan fingerprint density at radius 3 is 2.62 bits per heavy atom. The molecule has 1 aromatic carbocycles. The van der Waals surface area contributed by atoms with Gasteiger partial charge in [-0.3, -0.25) is 9.00 Å². The van der Waals surface area contributed by atoms with E-state index in [0.717, 1.165) is 31.2 Å². The van der Waals surface area contributed by atoms with Crippen LogP contribution in [0.1, 0.15) is 41.6 Å². The van der Waals surface area contributed by atoms with Gasteiger partial charge in [-0.1, -0.05) is 25.0 Å². The molecule has 21 heavy (non-hydrogen) atoms. The Morgan fingerprint density at radius 1 is 1.38 bits per heavy atom. The van der Waals surface area contributed by atoms with Gasteiger partial charge < -0.3 is 11.1 Å². The van der Waals surface area contributed by atoms with E-state index in [4.69, 9.17) is 5.73 Å². The Kier molecular flexibility index (Phi) is 6.84. The molecule has 4 nitrogen and oxygen atoms in total. The van der Waals surface area contributed by atoms with Crippen molar-refractivity contribution in [2.75, 3.05) is 12.8 Å². The standard InChI is InChI=1S/C15H22N2O2S.ClH/c1-20(19)10-12-5-4-6-13(9-12)14(18)17-15(11-16)7-2-3-8-15;/h4-6,9H,2-3,7-8,10-11,16H2,1H3,(H,17,18);1H. The molecule has 0 bridgehead atoms. The van der Waals surface area contributed by atoms with Crippen molar-refractivity contribution in [3.63, 3.8) is 0 Å². The average Bonchev–Trinajstić information content (AvgIpc) is 2.87. The van der Waals surface area contributed by atoms with Gasteiger partial charge in [0.25, 0.3) is 5.91 Å². The molecule has 118 valence electrons. The Balaban J connectivity index is 0.00000220. The molecular weight excluding hydrogens is 308 g/mol. The van der Waals surface area contributed by atoms with Crippen molar-refractivity contribution in [3.05, 3.63) is 35.4 Å². The molecule has 0 radical (unpaired) electrons. The molecule has 1 amide bonds. The number of nitrogens with one attached hydrogen (secondary N) is 1. The SMILES string of the molecule is CS(=O)Cc1cccc(C(=O)NC2(CN)CCCC2)c1.Cl. The fraction of sp³-hybridized carbons (Fsp3) is 0.533. The molecule has 0 aliphatic heterocycles. The number of hydrogen-bond acceptors (Lipinski definition) is 3. The topological polar surface area (TPSA) is 72.2 Å². The third kappa shape index (κ3) is 4.80. The zero-order chi connectivity index (χ0) is 14.6. The van der Waals surface area contributed by atoms with Gasteiger partial charge in [0.2, 0.25) is 0 Å². The highest BCUT2D eigenvalue weighted by molar-refractivity contribution is 7.83. The smallest absolute Gasteiger partial charge is 0.251 e. The van der Waals surface area contributed by atoms with Crippen LogP contribution in [0.5, 0.6) is 0 Å². The first-order valence-electron chi connectivity index (χ1n) is 6.96. The first kappa shape index (κ1) is 18.1. The summed E-state index contributed by atoms with van der Waals surface area (Å²) < 4.78 is 11.3. The molecule has 6 heteroatoms. The number of carbonyl (C=O) groups excluding carboxylic acids is 1. The summed E-state index contributed by atoms with van der Waals surface area (Å²) >= 11 is 0. The van der Waals surface area contributed by atoms with Crippen molar-refractivity contribution < 1.29 is 9.00 Å². The van der Waals surface area contributed by atoms with E-state index < -0.39 is 10.8 Å². The van der Waals surface area contributed by atoms with Gasteiger partial charge in [-0.2, -0.15) is 0 Å². The van der Waals surface area contributed by atoms with E-state index in [0.29, 0.717) is 17.9 Å². The van der Waals surface area contributed by atoms with Crippen molar-refractivity contribution in [2.24, 2.45) is 5.73 Å². The molecule has 0 heterocycles. The van der Waals surface area contributed by atoms with Crippen molar-refractivity contribution in [1.82, 2.24) is 5.32 Å². The third-order valence-electron chi connectivity index (χ3n) is 3.89. The number of hydrogen-bond donors (Lipinski definition) is 2. The van der Waals surface area contributed by atoms with E-state index in [2.05, 4.69) is 5.32 Å². The van der Waals surface area contributed by atoms with Crippen LogP contribution in [0.4, 0.5) is 0 Å². The lowest BCUT2D eigenvalue weighted by molar-refractivity contribution is 0.0903. The van der Waals surface area contributed by atoms with Crippen LogP contribution in [0.25, 0.3) is 0 Å². The highest BCUT2D eigenvalue weighted by Crippen LogP contribution is 2.29. The zero-order valence-electron chi connectivity index (χ0n) is 12.3. The Bertz CT molecular complexity index is 516. The number of amides is 1. The second-order valence-corrected chi connectivity index (χ2v) is 7.00. The number of rotatable bonds is 5. The molecular formula is C15H23ClN2O2S. The molecule has 1 aliphatic rings. The lowest BCUT2D eigenvalue weighted by Gasteiger charge is -2.28. The van der Waals surface area contributed by atoms with E-state index in [1.54, 1.807) is 12.3 Å². The van der Waals surface area contributed by atoms with Crippen LogP contribution >= 0.6 is 12.4 Å². The Hall–Kier alpha value is -0.910. The molecule has 1 aromatic rings. The number of halogens is 1. The van der Waals surface area contributed by atoms with Gasteiger partial charge in [0.05, 0.1) is 5.54 Å². The summed E-state index contributed by atoms with van der Waals surface area (Å²) in [6.07, 6.45) is 5.80. The van der Waals surface area contributed by atoms with Crippen LogP contribution in [0.2, 0.25) is 0 Å². The Morgan fingerprint density at radius 2 is 2.05 bits per heavy atom. The quantitative estimate of drug-likeness (QED) is 0.867. The van der Waals surface area contributed by atoms with Crippen molar-refractivity contribution in [2.45, 2.75) is 37.0 Å². The molecule has 2 rings (SSSR count). The second kappa shape index (κ2) is 7.92. The maximum Gasteiger partial charge on any atom is 0.251 e. The van der Waals surface area contributed by atoms with Crippen LogP contribution in [-0.2, 0) is 16.6 Å². The minimum absolute atomic E-state index is 0. The summed E-state index contributed by atoms with van der Waals surface area (Å²) in [7, 11) is -0.904. The summed E-state index contributed by atoms with van der Waals surface area (Å²) in [5, 5.41) is 3.10. The van der Waals surface area contributed by atoms with Crippen molar-refractivity contribution >= 4 is 29.1 Å². The maximum absolute atomic E-state index is 12.4. The van der Waals surface area contributed by atoms with Gasteiger partial charge in [-0.05, 0) is 30.5 Å². The average molecular weight is 331 g/mol. The van der Waals surface area contributed by atoms with Gasteiger partial charge in [-0.25, -0.2) is 0 Å². The van der Waals surface area contributed by atoms with Gasteiger partial charge in [0.15, 0.2) is 0 Å². The zero-order valence-corrected chi connectivity index (χ0v) is 13.9. The van der Waals surface area contributed by atoms with E-state index >= 15 is 0 Å². The van der Waals surface area contributed by atoms with Gasteiger partial charge in [-0.15, -0.1) is 12.4 Å². The lowest BCUT2D eigenvalue weighted by Crippen LogP contribution is -2.51. The van der Waals surface area contributed by atoms with E-state index in [1.165, 1.54) is 0 Å². The van der Waals surface area contributed by atoms with Crippen molar-refractivity contribution in [3.8, 4) is 0 Å². The molecule has 1 aliphatic carbocycles. The molecule has 1 unspecified atom stereocenters. The molecule has 1 saturated carbocycles. The summed E-state index contributed by atoms with van der Waals surface area (Å²) in [6.45, 7) is 0.484. The van der Waals surface area contributed by atoms with Crippen LogP contribution in [-0.4, -0.2) is 28.5 Å². The van der Waals surface area contributed by atoms with Crippen LogP contribution in [0, 0.1) is 0 Å². The van der Waals surface area contributed by atoms with E-state index in [-0.39, 0.29) is 23.9 Å². The van der Waals surface area contributed by atoms with Crippen LogP contribution < -0.4 is 11.1 Å². The van der Waals surface area contributed by atoms with Crippen LogP contribution in [0.15, 0.2) is 24.3 Å². The molecule has 3 N–H and O–H groups in total. The molecule has 0 aromatic heterocycles. The normalized spacial score (nSPS) is 17.8. The first-order valence-corrected chi connectivity index (χ1v) is 8.69. The summed E-state index contributed by atoms with van der Waals surface area (Å²) in [6, 6.07) is 7.33. The van der Waals surface area contributed by atoms with Crippen molar-refractivity contribution in [1.29, 1.82) is 0 Å². The largest absolute Gasteiger partial charge is 0.345 e. The third-order valence-corrected chi connectivity index (χ3v) is 4.63. The lowest BCUT2D eigenvalue weighted by atomic mass is 9.97. The highest BCUT2D eigenvalue weighted by atomic mass is 35.5. The fourth-order valence-electron chi connectivity index (χ4n) is 2.78. The Labute approximate surface area is 134 Å². The highest BCUT2D eigenvalue weighted by Gasteiger charge is 2.34. The number of benzene rings is 1. The predicted molar refractivity (Wildman–Crippen MR) is 89.2 cm³/mol. The molecule has 1 atom stereocenters. The molecule has 0 spiro atoms. The second-order valence-electron chi connectivity index (χ2n) is 5.56. The van der Waals surface area contributed by atoms with Gasteiger partial charge in [0.1, 0.15) is 0 Å². The van der Waals surface area contributed by atoms with Gasteiger partial charge >= 0.3 is 0 Å². The molecule has 1 fully saturated rings. The summed E-state index contributed by atoms with van der Waals surface area (Å²) in [5.41, 5.74) is 7.14. The summed E-state index contributed by atoms with van der Waals surface area (Å²) in [5.74, 6) is 0.393. The number of carbonyl (C=O) groups is 1.